The number of amides is 2. The monoisotopic (exact) mass is 397 g/mol. The molecule has 1 aromatic rings. The van der Waals surface area contributed by atoms with Gasteiger partial charge in [-0.1, -0.05) is 23.7 Å². The molecule has 2 heterocycles. The lowest BCUT2D eigenvalue weighted by Crippen LogP contribution is -2.44. The largest absolute Gasteiger partial charge is 0.336 e. The molecule has 26 heavy (non-hydrogen) atoms. The Morgan fingerprint density at radius 2 is 2.00 bits per heavy atom. The molecule has 0 bridgehead atoms. The Kier molecular flexibility index (Phi) is 5.34. The van der Waals surface area contributed by atoms with E-state index in [1.165, 1.54) is 9.91 Å². The fourth-order valence-electron chi connectivity index (χ4n) is 3.13. The summed E-state index contributed by atoms with van der Waals surface area (Å²) in [7, 11) is -1.47. The van der Waals surface area contributed by atoms with Gasteiger partial charge in [-0.15, -0.1) is 0 Å². The molecule has 0 N–H and O–H groups in total. The first kappa shape index (κ1) is 18.8. The fourth-order valence-corrected chi connectivity index (χ4v) is 4.95. The number of hydrogen-bond donors (Lipinski definition) is 0. The summed E-state index contributed by atoms with van der Waals surface area (Å²) < 4.78 is 23.3. The lowest BCUT2D eigenvalue weighted by Gasteiger charge is -2.29. The van der Waals surface area contributed by atoms with Crippen LogP contribution in [-0.2, 0) is 26.0 Å². The molecule has 1 saturated heterocycles. The zero-order valence-corrected chi connectivity index (χ0v) is 16.0. The summed E-state index contributed by atoms with van der Waals surface area (Å²) in [6.45, 7) is 0.390. The summed E-state index contributed by atoms with van der Waals surface area (Å²) in [5, 5.41) is 6.04. The molecule has 3 rings (SSSR count). The predicted molar refractivity (Wildman–Crippen MR) is 98.5 cm³/mol. The average Bonchev–Trinajstić information content (AvgIpc) is 2.96. The van der Waals surface area contributed by atoms with Gasteiger partial charge in [-0.3, -0.25) is 9.59 Å². The second-order valence-corrected chi connectivity index (χ2v) is 9.29. The summed E-state index contributed by atoms with van der Waals surface area (Å²) in [5.74, 6) is -0.538. The van der Waals surface area contributed by atoms with Gasteiger partial charge in [-0.05, 0) is 24.1 Å². The Hall–Kier alpha value is -1.93. The van der Waals surface area contributed by atoms with Crippen LogP contribution in [0.1, 0.15) is 24.8 Å². The summed E-state index contributed by atoms with van der Waals surface area (Å²) in [6, 6.07) is 6.72. The minimum Gasteiger partial charge on any atom is -0.336 e. The molecule has 0 aliphatic carbocycles. The van der Waals surface area contributed by atoms with Gasteiger partial charge < -0.3 is 4.90 Å². The number of hydrazone groups is 1. The smallest absolute Gasteiger partial charge is 0.270 e. The second kappa shape index (κ2) is 7.36. The summed E-state index contributed by atoms with van der Waals surface area (Å²) >= 11 is 5.86. The van der Waals surface area contributed by atoms with Crippen LogP contribution in [0.3, 0.4) is 0 Å². The molecule has 0 unspecified atom stereocenters. The van der Waals surface area contributed by atoms with Crippen LogP contribution in [0, 0.1) is 0 Å². The summed E-state index contributed by atoms with van der Waals surface area (Å²) in [5.41, 5.74) is 1.21. The molecule has 2 amide bonds. The van der Waals surface area contributed by atoms with Gasteiger partial charge >= 0.3 is 0 Å². The summed E-state index contributed by atoms with van der Waals surface area (Å²) in [4.78, 5) is 26.3. The first-order chi connectivity index (χ1) is 12.2. The van der Waals surface area contributed by atoms with Crippen molar-refractivity contribution < 1.29 is 18.0 Å². The molecule has 0 aromatic heterocycles. The average molecular weight is 398 g/mol. The molecule has 9 heteroatoms. The molecule has 7 nitrogen and oxygen atoms in total. The normalized spacial score (nSPS) is 22.2. The highest BCUT2D eigenvalue weighted by molar-refractivity contribution is 7.91. The first-order valence-corrected chi connectivity index (χ1v) is 10.5. The van der Waals surface area contributed by atoms with Crippen molar-refractivity contribution in [2.24, 2.45) is 5.10 Å². The highest BCUT2D eigenvalue weighted by Gasteiger charge is 2.37. The van der Waals surface area contributed by atoms with Crippen molar-refractivity contribution in [2.75, 3.05) is 18.6 Å². The number of hydrogen-bond acceptors (Lipinski definition) is 5. The van der Waals surface area contributed by atoms with Crippen LogP contribution in [-0.4, -0.2) is 60.4 Å². The highest BCUT2D eigenvalue weighted by atomic mass is 35.5. The predicted octanol–water partition coefficient (Wildman–Crippen LogP) is 1.46. The van der Waals surface area contributed by atoms with Crippen molar-refractivity contribution in [1.29, 1.82) is 0 Å². The van der Waals surface area contributed by atoms with Crippen molar-refractivity contribution >= 4 is 39.0 Å². The molecule has 1 fully saturated rings. The van der Waals surface area contributed by atoms with Gasteiger partial charge in [0.05, 0.1) is 17.5 Å². The molecule has 2 aliphatic rings. The van der Waals surface area contributed by atoms with Crippen LogP contribution in [0.15, 0.2) is 29.4 Å². The second-order valence-electron chi connectivity index (χ2n) is 6.63. The Morgan fingerprint density at radius 3 is 2.62 bits per heavy atom. The van der Waals surface area contributed by atoms with E-state index in [9.17, 15) is 18.0 Å². The van der Waals surface area contributed by atoms with Crippen LogP contribution in [0.2, 0.25) is 5.02 Å². The van der Waals surface area contributed by atoms with E-state index in [4.69, 9.17) is 11.6 Å². The molecule has 1 atom stereocenters. The summed E-state index contributed by atoms with van der Waals surface area (Å²) in [6.07, 6.45) is 0.786. The van der Waals surface area contributed by atoms with Gasteiger partial charge in [-0.2, -0.15) is 5.10 Å². The lowest BCUT2D eigenvalue weighted by molar-refractivity contribution is -0.134. The molecule has 140 valence electrons. The minimum absolute atomic E-state index is 0.0523. The van der Waals surface area contributed by atoms with Crippen molar-refractivity contribution in [3.8, 4) is 0 Å². The van der Waals surface area contributed by atoms with Gasteiger partial charge in [0.25, 0.3) is 5.91 Å². The first-order valence-electron chi connectivity index (χ1n) is 8.35. The van der Waals surface area contributed by atoms with Crippen molar-refractivity contribution in [1.82, 2.24) is 9.91 Å². The van der Waals surface area contributed by atoms with Gasteiger partial charge in [0, 0.05) is 31.5 Å². The third-order valence-electron chi connectivity index (χ3n) is 4.54. The molecule has 0 radical (unpaired) electrons. The Balaban J connectivity index is 1.72. The van der Waals surface area contributed by atoms with E-state index in [2.05, 4.69) is 5.10 Å². The maximum absolute atomic E-state index is 12.7. The van der Waals surface area contributed by atoms with Crippen LogP contribution in [0.25, 0.3) is 0 Å². The van der Waals surface area contributed by atoms with Crippen molar-refractivity contribution in [2.45, 2.75) is 31.8 Å². The SMILES string of the molecule is CN(Cc1ccc(Cl)cc1)C(=O)C1=NN([C@@H]2CCS(=O)(=O)C2)C(=O)CC1. The van der Waals surface area contributed by atoms with Crippen LogP contribution in [0.5, 0.6) is 0 Å². The maximum Gasteiger partial charge on any atom is 0.270 e. The number of halogens is 1. The van der Waals surface area contributed by atoms with E-state index in [-0.39, 0.29) is 41.9 Å². The minimum atomic E-state index is -3.14. The van der Waals surface area contributed by atoms with Crippen LogP contribution < -0.4 is 0 Å². The molecular formula is C17H20ClN3O4S. The quantitative estimate of drug-likeness (QED) is 0.769. The van der Waals surface area contributed by atoms with Gasteiger partial charge in [0.1, 0.15) is 5.71 Å². The maximum atomic E-state index is 12.7. The third kappa shape index (κ3) is 4.24. The molecule has 0 saturated carbocycles. The Labute approximate surface area is 157 Å². The van der Waals surface area contributed by atoms with Crippen LogP contribution in [0.4, 0.5) is 0 Å². The van der Waals surface area contributed by atoms with E-state index in [1.807, 2.05) is 12.1 Å². The fraction of sp³-hybridized carbons (Fsp3) is 0.471. The zero-order chi connectivity index (χ0) is 18.9. The van der Waals surface area contributed by atoms with E-state index < -0.39 is 15.9 Å². The molecule has 2 aliphatic heterocycles. The number of carbonyl (C=O) groups excluding carboxylic acids is 2. The number of carbonyl (C=O) groups is 2. The molecular weight excluding hydrogens is 378 g/mol. The van der Waals surface area contributed by atoms with Crippen molar-refractivity contribution in [3.05, 3.63) is 34.9 Å². The van der Waals surface area contributed by atoms with E-state index >= 15 is 0 Å². The zero-order valence-electron chi connectivity index (χ0n) is 14.4. The molecule has 1 aromatic carbocycles. The van der Waals surface area contributed by atoms with Gasteiger partial charge in [0.15, 0.2) is 9.84 Å². The highest BCUT2D eigenvalue weighted by Crippen LogP contribution is 2.22. The van der Waals surface area contributed by atoms with Gasteiger partial charge in [-0.25, -0.2) is 13.4 Å². The Morgan fingerprint density at radius 1 is 1.31 bits per heavy atom. The number of nitrogens with zero attached hydrogens (tertiary/aromatic N) is 3. The van der Waals surface area contributed by atoms with Crippen molar-refractivity contribution in [3.63, 3.8) is 0 Å². The topological polar surface area (TPSA) is 87.1 Å². The van der Waals surface area contributed by atoms with E-state index in [0.717, 1.165) is 5.56 Å². The number of benzene rings is 1. The third-order valence-corrected chi connectivity index (χ3v) is 6.54. The number of rotatable bonds is 4. The van der Waals surface area contributed by atoms with E-state index in [1.54, 1.807) is 19.2 Å². The number of sulfone groups is 1. The Bertz CT molecular complexity index is 851. The van der Waals surface area contributed by atoms with E-state index in [0.29, 0.717) is 18.0 Å². The molecule has 0 spiro atoms. The van der Waals surface area contributed by atoms with Gasteiger partial charge in [0.2, 0.25) is 5.91 Å². The standard InChI is InChI=1S/C17H20ClN3O4S/c1-20(10-12-2-4-13(18)5-3-12)17(23)15-6-7-16(22)21(19-15)14-8-9-26(24,25)11-14/h2-5,14H,6-11H2,1H3/t14-/m1/s1. The lowest BCUT2D eigenvalue weighted by atomic mass is 10.1. The van der Waals surface area contributed by atoms with Crippen LogP contribution >= 0.6 is 11.6 Å².